The Morgan fingerprint density at radius 2 is 1.73 bits per heavy atom. The quantitative estimate of drug-likeness (QED) is 0.754. The van der Waals surface area contributed by atoms with Crippen LogP contribution in [-0.2, 0) is 14.3 Å². The third kappa shape index (κ3) is 6.32. The summed E-state index contributed by atoms with van der Waals surface area (Å²) in [7, 11) is 0. The molecule has 2 amide bonds. The van der Waals surface area contributed by atoms with E-state index in [1.807, 2.05) is 20.8 Å². The van der Waals surface area contributed by atoms with Crippen LogP contribution in [0.3, 0.4) is 0 Å². The zero-order valence-corrected chi connectivity index (χ0v) is 14.6. The van der Waals surface area contributed by atoms with Crippen molar-refractivity contribution < 1.29 is 14.3 Å². The lowest BCUT2D eigenvalue weighted by molar-refractivity contribution is -0.131. The predicted molar refractivity (Wildman–Crippen MR) is 86.5 cm³/mol. The molecule has 0 radical (unpaired) electrons. The van der Waals surface area contributed by atoms with Gasteiger partial charge in [0, 0.05) is 31.1 Å². The van der Waals surface area contributed by atoms with Crippen molar-refractivity contribution in [3.63, 3.8) is 0 Å². The van der Waals surface area contributed by atoms with Gasteiger partial charge >= 0.3 is 0 Å². The fourth-order valence-corrected chi connectivity index (χ4v) is 2.40. The van der Waals surface area contributed by atoms with Crippen molar-refractivity contribution in [2.24, 2.45) is 11.3 Å². The van der Waals surface area contributed by atoms with Crippen LogP contribution in [0.15, 0.2) is 0 Å². The normalized spacial score (nSPS) is 18.1. The van der Waals surface area contributed by atoms with Crippen LogP contribution >= 0.6 is 0 Å². The number of rotatable bonds is 6. The molecule has 1 aliphatic heterocycles. The number of morpholine rings is 1. The molecule has 0 unspecified atom stereocenters. The lowest BCUT2D eigenvalue weighted by atomic mass is 9.96. The molecule has 0 aromatic rings. The minimum Gasteiger partial charge on any atom is -0.379 e. The van der Waals surface area contributed by atoms with E-state index in [2.05, 4.69) is 29.4 Å². The zero-order chi connectivity index (χ0) is 16.8. The number of ether oxygens (including phenoxy) is 1. The predicted octanol–water partition coefficient (Wildman–Crippen LogP) is 0.622. The van der Waals surface area contributed by atoms with E-state index >= 15 is 0 Å². The number of carbonyl (C=O) groups is 2. The van der Waals surface area contributed by atoms with Crippen molar-refractivity contribution >= 4 is 11.8 Å². The van der Waals surface area contributed by atoms with Gasteiger partial charge in [0.15, 0.2) is 0 Å². The number of nitrogens with zero attached hydrogens (tertiary/aromatic N) is 1. The maximum absolute atomic E-state index is 11.9. The second kappa shape index (κ2) is 8.48. The molecule has 6 nitrogen and oxygen atoms in total. The molecule has 1 fully saturated rings. The van der Waals surface area contributed by atoms with Gasteiger partial charge in [-0.15, -0.1) is 0 Å². The van der Waals surface area contributed by atoms with Gasteiger partial charge in [-0.2, -0.15) is 0 Å². The standard InChI is InChI=1S/C16H31N3O3/c1-12(2)13(19-6-8-22-9-7-19)10-17-14(20)11-18-15(21)16(3,4)5/h12-13H,6-11H2,1-5H3,(H,17,20)(H,18,21)/t13-/m0/s1. The molecule has 0 aliphatic carbocycles. The molecule has 1 saturated heterocycles. The summed E-state index contributed by atoms with van der Waals surface area (Å²) in [5.41, 5.74) is -0.478. The Hall–Kier alpha value is -1.14. The van der Waals surface area contributed by atoms with Gasteiger partial charge in [0.2, 0.25) is 11.8 Å². The van der Waals surface area contributed by atoms with E-state index in [1.54, 1.807) is 0 Å². The Bertz CT molecular complexity index is 371. The number of amides is 2. The Balaban J connectivity index is 2.38. The molecule has 1 aliphatic rings. The van der Waals surface area contributed by atoms with E-state index < -0.39 is 5.41 Å². The maximum atomic E-state index is 11.9. The summed E-state index contributed by atoms with van der Waals surface area (Å²) >= 11 is 0. The van der Waals surface area contributed by atoms with E-state index in [1.165, 1.54) is 0 Å². The highest BCUT2D eigenvalue weighted by Gasteiger charge is 2.25. The summed E-state index contributed by atoms with van der Waals surface area (Å²) in [5.74, 6) is 0.190. The fraction of sp³-hybridized carbons (Fsp3) is 0.875. The third-order valence-corrected chi connectivity index (χ3v) is 3.88. The monoisotopic (exact) mass is 313 g/mol. The van der Waals surface area contributed by atoms with Crippen LogP contribution in [-0.4, -0.2) is 62.1 Å². The van der Waals surface area contributed by atoms with E-state index in [0.29, 0.717) is 18.5 Å². The van der Waals surface area contributed by atoms with Crippen molar-refractivity contribution in [2.75, 3.05) is 39.4 Å². The Kier molecular flexibility index (Phi) is 7.29. The van der Waals surface area contributed by atoms with Crippen molar-refractivity contribution in [1.82, 2.24) is 15.5 Å². The van der Waals surface area contributed by atoms with Gasteiger partial charge in [0.05, 0.1) is 19.8 Å². The fourth-order valence-electron chi connectivity index (χ4n) is 2.40. The summed E-state index contributed by atoms with van der Waals surface area (Å²) in [4.78, 5) is 26.0. The van der Waals surface area contributed by atoms with Crippen molar-refractivity contribution in [1.29, 1.82) is 0 Å². The van der Waals surface area contributed by atoms with Crippen LogP contribution < -0.4 is 10.6 Å². The summed E-state index contributed by atoms with van der Waals surface area (Å²) in [6.07, 6.45) is 0. The first kappa shape index (κ1) is 18.9. The highest BCUT2D eigenvalue weighted by molar-refractivity contribution is 5.87. The lowest BCUT2D eigenvalue weighted by Crippen LogP contribution is -2.52. The largest absolute Gasteiger partial charge is 0.379 e. The molecule has 1 rings (SSSR count). The molecule has 6 heteroatoms. The van der Waals surface area contributed by atoms with Crippen LogP contribution in [0.2, 0.25) is 0 Å². The Morgan fingerprint density at radius 3 is 2.23 bits per heavy atom. The number of hydrogen-bond acceptors (Lipinski definition) is 4. The van der Waals surface area contributed by atoms with Crippen molar-refractivity contribution in [3.05, 3.63) is 0 Å². The van der Waals surface area contributed by atoms with E-state index in [9.17, 15) is 9.59 Å². The highest BCUT2D eigenvalue weighted by Crippen LogP contribution is 2.13. The summed E-state index contributed by atoms with van der Waals surface area (Å²) in [6.45, 7) is 13.7. The average molecular weight is 313 g/mol. The smallest absolute Gasteiger partial charge is 0.239 e. The van der Waals surface area contributed by atoms with Gasteiger partial charge in [-0.1, -0.05) is 34.6 Å². The van der Waals surface area contributed by atoms with Crippen LogP contribution in [0.5, 0.6) is 0 Å². The molecule has 2 N–H and O–H groups in total. The minimum atomic E-state index is -0.478. The third-order valence-electron chi connectivity index (χ3n) is 3.88. The molecule has 0 aromatic heterocycles. The van der Waals surface area contributed by atoms with Crippen LogP contribution in [0.4, 0.5) is 0 Å². The zero-order valence-electron chi connectivity index (χ0n) is 14.6. The Morgan fingerprint density at radius 1 is 1.14 bits per heavy atom. The van der Waals surface area contributed by atoms with Gasteiger partial charge in [-0.05, 0) is 5.92 Å². The number of hydrogen-bond donors (Lipinski definition) is 2. The van der Waals surface area contributed by atoms with Crippen LogP contribution in [0.1, 0.15) is 34.6 Å². The molecular weight excluding hydrogens is 282 g/mol. The molecular formula is C16H31N3O3. The molecule has 0 saturated carbocycles. The molecule has 0 spiro atoms. The van der Waals surface area contributed by atoms with E-state index in [4.69, 9.17) is 4.74 Å². The summed E-state index contributed by atoms with van der Waals surface area (Å²) in [5, 5.41) is 5.60. The molecule has 22 heavy (non-hydrogen) atoms. The highest BCUT2D eigenvalue weighted by atomic mass is 16.5. The maximum Gasteiger partial charge on any atom is 0.239 e. The topological polar surface area (TPSA) is 70.7 Å². The van der Waals surface area contributed by atoms with Crippen molar-refractivity contribution in [3.8, 4) is 0 Å². The molecule has 0 bridgehead atoms. The Labute approximate surface area is 134 Å². The average Bonchev–Trinajstić information content (AvgIpc) is 2.44. The molecule has 1 atom stereocenters. The van der Waals surface area contributed by atoms with Gasteiger partial charge in [-0.3, -0.25) is 14.5 Å². The van der Waals surface area contributed by atoms with Gasteiger partial charge in [0.1, 0.15) is 0 Å². The minimum absolute atomic E-state index is 0.0318. The molecule has 0 aromatic carbocycles. The van der Waals surface area contributed by atoms with Crippen molar-refractivity contribution in [2.45, 2.75) is 40.7 Å². The van der Waals surface area contributed by atoms with Gasteiger partial charge in [0.25, 0.3) is 0 Å². The van der Waals surface area contributed by atoms with E-state index in [-0.39, 0.29) is 18.4 Å². The first-order chi connectivity index (χ1) is 10.2. The molecule has 128 valence electrons. The van der Waals surface area contributed by atoms with Gasteiger partial charge in [-0.25, -0.2) is 0 Å². The SMILES string of the molecule is CC(C)[C@H](CNC(=O)CNC(=O)C(C)(C)C)N1CCOCC1. The van der Waals surface area contributed by atoms with Crippen LogP contribution in [0.25, 0.3) is 0 Å². The van der Waals surface area contributed by atoms with E-state index in [0.717, 1.165) is 26.3 Å². The first-order valence-corrected chi connectivity index (χ1v) is 8.08. The lowest BCUT2D eigenvalue weighted by Gasteiger charge is -2.36. The first-order valence-electron chi connectivity index (χ1n) is 8.08. The van der Waals surface area contributed by atoms with Gasteiger partial charge < -0.3 is 15.4 Å². The summed E-state index contributed by atoms with van der Waals surface area (Å²) < 4.78 is 5.38. The summed E-state index contributed by atoms with van der Waals surface area (Å²) in [6, 6.07) is 0.297. The van der Waals surface area contributed by atoms with Crippen LogP contribution in [0, 0.1) is 11.3 Å². The number of carbonyl (C=O) groups excluding carboxylic acids is 2. The number of nitrogens with one attached hydrogen (secondary N) is 2. The molecule has 1 heterocycles. The second-order valence-electron chi connectivity index (χ2n) is 7.20. The second-order valence-corrected chi connectivity index (χ2v) is 7.20.